The molecule has 12 heavy (non-hydrogen) atoms. The first kappa shape index (κ1) is 7.76. The highest BCUT2D eigenvalue weighted by molar-refractivity contribution is 7.08. The molecule has 0 unspecified atom stereocenters. The van der Waals surface area contributed by atoms with Crippen LogP contribution >= 0.6 is 22.7 Å². The van der Waals surface area contributed by atoms with E-state index in [0.717, 1.165) is 0 Å². The van der Waals surface area contributed by atoms with Gasteiger partial charge < -0.3 is 4.57 Å². The lowest BCUT2D eigenvalue weighted by molar-refractivity contribution is 0.787. The van der Waals surface area contributed by atoms with Crippen molar-refractivity contribution in [1.82, 2.24) is 4.57 Å². The van der Waals surface area contributed by atoms with Gasteiger partial charge in [0.05, 0.1) is 6.54 Å². The second kappa shape index (κ2) is 3.25. The second-order valence-electron chi connectivity index (χ2n) is 2.43. The summed E-state index contributed by atoms with van der Waals surface area (Å²) in [6, 6.07) is 2.04. The molecule has 0 amide bonds. The van der Waals surface area contributed by atoms with E-state index in [-0.39, 0.29) is 4.87 Å². The normalized spacial score (nSPS) is 10.3. The predicted octanol–water partition coefficient (Wildman–Crippen LogP) is 2.02. The molecule has 0 fully saturated rings. The Kier molecular flexibility index (Phi) is 2.10. The molecule has 2 heterocycles. The summed E-state index contributed by atoms with van der Waals surface area (Å²) >= 11 is 2.89. The number of aromatic nitrogens is 1. The maximum Gasteiger partial charge on any atom is 0.307 e. The molecule has 0 aliphatic carbocycles. The van der Waals surface area contributed by atoms with Crippen molar-refractivity contribution in [3.63, 3.8) is 0 Å². The zero-order valence-corrected chi connectivity index (χ0v) is 7.90. The van der Waals surface area contributed by atoms with Gasteiger partial charge in [-0.15, -0.1) is 0 Å². The van der Waals surface area contributed by atoms with Gasteiger partial charge in [0.2, 0.25) is 0 Å². The highest BCUT2D eigenvalue weighted by atomic mass is 32.1. The van der Waals surface area contributed by atoms with E-state index in [1.807, 2.05) is 23.0 Å². The van der Waals surface area contributed by atoms with Crippen LogP contribution in [-0.2, 0) is 6.54 Å². The molecule has 2 nitrogen and oxygen atoms in total. The number of hydrogen-bond acceptors (Lipinski definition) is 3. The van der Waals surface area contributed by atoms with E-state index < -0.39 is 0 Å². The van der Waals surface area contributed by atoms with Gasteiger partial charge in [-0.1, -0.05) is 11.3 Å². The number of rotatable bonds is 2. The molecule has 2 aromatic rings. The van der Waals surface area contributed by atoms with Gasteiger partial charge in [-0.05, 0) is 22.4 Å². The Balaban J connectivity index is 2.25. The van der Waals surface area contributed by atoms with Crippen LogP contribution in [-0.4, -0.2) is 4.57 Å². The summed E-state index contributed by atoms with van der Waals surface area (Å²) in [4.78, 5) is 11.2. The van der Waals surface area contributed by atoms with Crippen LogP contribution in [0.3, 0.4) is 0 Å². The molecule has 62 valence electrons. The van der Waals surface area contributed by atoms with Crippen molar-refractivity contribution >= 4 is 22.7 Å². The van der Waals surface area contributed by atoms with Crippen LogP contribution in [0.15, 0.2) is 33.2 Å². The lowest BCUT2D eigenvalue weighted by Crippen LogP contribution is -2.11. The molecule has 0 aliphatic heterocycles. The molecule has 0 spiro atoms. The smallest absolute Gasteiger partial charge is 0.301 e. The van der Waals surface area contributed by atoms with Crippen LogP contribution in [0.4, 0.5) is 0 Å². The summed E-state index contributed by atoms with van der Waals surface area (Å²) in [5, 5.41) is 5.89. The Morgan fingerprint density at radius 1 is 1.42 bits per heavy atom. The SMILES string of the molecule is O=c1sccn1Cc1ccsc1. The van der Waals surface area contributed by atoms with Crippen LogP contribution < -0.4 is 4.87 Å². The average Bonchev–Trinajstić information content (AvgIpc) is 2.65. The van der Waals surface area contributed by atoms with Crippen molar-refractivity contribution in [2.75, 3.05) is 0 Å². The number of thiazole rings is 1. The maximum absolute atomic E-state index is 11.1. The standard InChI is InChI=1S/C8H7NOS2/c10-8-9(2-4-12-8)5-7-1-3-11-6-7/h1-4,6H,5H2. The Morgan fingerprint density at radius 3 is 2.92 bits per heavy atom. The van der Waals surface area contributed by atoms with Crippen LogP contribution in [0.5, 0.6) is 0 Å². The highest BCUT2D eigenvalue weighted by Crippen LogP contribution is 2.07. The Labute approximate surface area is 77.7 Å². The van der Waals surface area contributed by atoms with Crippen LogP contribution in [0, 0.1) is 0 Å². The van der Waals surface area contributed by atoms with E-state index >= 15 is 0 Å². The minimum atomic E-state index is 0.112. The molecule has 4 heteroatoms. The molecule has 0 saturated heterocycles. The Hall–Kier alpha value is -0.870. The quantitative estimate of drug-likeness (QED) is 0.722. The maximum atomic E-state index is 11.1. The first-order valence-corrected chi connectivity index (χ1v) is 5.33. The van der Waals surface area contributed by atoms with Gasteiger partial charge in [-0.25, -0.2) is 0 Å². The second-order valence-corrected chi connectivity index (χ2v) is 4.07. The number of thiophene rings is 1. The zero-order valence-electron chi connectivity index (χ0n) is 6.27. The van der Waals surface area contributed by atoms with Gasteiger partial charge in [0.25, 0.3) is 0 Å². The molecule has 0 bridgehead atoms. The van der Waals surface area contributed by atoms with Gasteiger partial charge >= 0.3 is 4.87 Å². The first-order valence-electron chi connectivity index (χ1n) is 3.51. The summed E-state index contributed by atoms with van der Waals surface area (Å²) in [5.41, 5.74) is 1.19. The molecular formula is C8H7NOS2. The van der Waals surface area contributed by atoms with E-state index in [4.69, 9.17) is 0 Å². The molecular weight excluding hydrogens is 190 g/mol. The van der Waals surface area contributed by atoms with Crippen molar-refractivity contribution in [3.8, 4) is 0 Å². The molecule has 0 radical (unpaired) electrons. The minimum absolute atomic E-state index is 0.112. The molecule has 2 rings (SSSR count). The van der Waals surface area contributed by atoms with Crippen molar-refractivity contribution in [2.24, 2.45) is 0 Å². The summed E-state index contributed by atoms with van der Waals surface area (Å²) in [6.45, 7) is 0.700. The molecule has 2 aromatic heterocycles. The largest absolute Gasteiger partial charge is 0.307 e. The molecule has 0 aromatic carbocycles. The fourth-order valence-corrected chi connectivity index (χ4v) is 2.23. The summed E-state index contributed by atoms with van der Waals surface area (Å²) in [6.07, 6.45) is 1.82. The van der Waals surface area contributed by atoms with E-state index in [2.05, 4.69) is 5.38 Å². The highest BCUT2D eigenvalue weighted by Gasteiger charge is 1.97. The lowest BCUT2D eigenvalue weighted by atomic mass is 10.3. The van der Waals surface area contributed by atoms with Gasteiger partial charge in [0, 0.05) is 11.6 Å². The van der Waals surface area contributed by atoms with Crippen LogP contribution in [0.25, 0.3) is 0 Å². The summed E-state index contributed by atoms with van der Waals surface area (Å²) in [5.74, 6) is 0. The molecule has 0 atom stereocenters. The molecule has 0 saturated carbocycles. The summed E-state index contributed by atoms with van der Waals surface area (Å²) < 4.78 is 1.72. The average molecular weight is 197 g/mol. The third kappa shape index (κ3) is 1.49. The van der Waals surface area contributed by atoms with E-state index in [9.17, 15) is 4.79 Å². The van der Waals surface area contributed by atoms with E-state index in [0.29, 0.717) is 6.54 Å². The van der Waals surface area contributed by atoms with Gasteiger partial charge in [0.1, 0.15) is 0 Å². The van der Waals surface area contributed by atoms with Crippen LogP contribution in [0.1, 0.15) is 5.56 Å². The minimum Gasteiger partial charge on any atom is -0.301 e. The van der Waals surface area contributed by atoms with Crippen molar-refractivity contribution in [3.05, 3.63) is 43.6 Å². The Bertz CT molecular complexity index is 399. The van der Waals surface area contributed by atoms with Gasteiger partial charge in [-0.3, -0.25) is 4.79 Å². The topological polar surface area (TPSA) is 22.0 Å². The monoisotopic (exact) mass is 197 g/mol. The van der Waals surface area contributed by atoms with E-state index in [1.165, 1.54) is 16.9 Å². The fourth-order valence-electron chi connectivity index (χ4n) is 0.987. The van der Waals surface area contributed by atoms with Crippen molar-refractivity contribution < 1.29 is 0 Å². The lowest BCUT2D eigenvalue weighted by Gasteiger charge is -1.95. The number of hydrogen-bond donors (Lipinski definition) is 0. The van der Waals surface area contributed by atoms with Crippen LogP contribution in [0.2, 0.25) is 0 Å². The first-order chi connectivity index (χ1) is 5.86. The summed E-state index contributed by atoms with van der Waals surface area (Å²) in [7, 11) is 0. The third-order valence-corrected chi connectivity index (χ3v) is 3.00. The van der Waals surface area contributed by atoms with Gasteiger partial charge in [-0.2, -0.15) is 11.3 Å². The molecule has 0 aliphatic rings. The van der Waals surface area contributed by atoms with Gasteiger partial charge in [0.15, 0.2) is 0 Å². The predicted molar refractivity (Wildman–Crippen MR) is 52.0 cm³/mol. The van der Waals surface area contributed by atoms with E-state index in [1.54, 1.807) is 15.9 Å². The third-order valence-electron chi connectivity index (χ3n) is 1.58. The fraction of sp³-hybridized carbons (Fsp3) is 0.125. The Morgan fingerprint density at radius 2 is 2.33 bits per heavy atom. The van der Waals surface area contributed by atoms with Crippen molar-refractivity contribution in [1.29, 1.82) is 0 Å². The molecule has 0 N–H and O–H groups in total. The number of nitrogens with zero attached hydrogens (tertiary/aromatic N) is 1. The van der Waals surface area contributed by atoms with Crippen molar-refractivity contribution in [2.45, 2.75) is 6.54 Å². The zero-order chi connectivity index (χ0) is 8.39.